The minimum Gasteiger partial charge on any atom is -0.294 e. The van der Waals surface area contributed by atoms with Crippen molar-refractivity contribution in [2.24, 2.45) is 0 Å². The molecule has 1 aromatic carbocycles. The first-order chi connectivity index (χ1) is 7.77. The van der Waals surface area contributed by atoms with E-state index in [1.54, 1.807) is 22.7 Å². The van der Waals surface area contributed by atoms with Gasteiger partial charge in [-0.15, -0.1) is 0 Å². The van der Waals surface area contributed by atoms with Gasteiger partial charge in [0.25, 0.3) is 5.69 Å². The van der Waals surface area contributed by atoms with Gasteiger partial charge in [-0.1, -0.05) is 12.1 Å². The smallest absolute Gasteiger partial charge is 0.294 e. The molecule has 2 heterocycles. The summed E-state index contributed by atoms with van der Waals surface area (Å²) in [6.07, 6.45) is 1.78. The van der Waals surface area contributed by atoms with E-state index in [1.807, 2.05) is 18.2 Å². The molecule has 0 fully saturated rings. The summed E-state index contributed by atoms with van der Waals surface area (Å²) in [5, 5.41) is 10.9. The highest BCUT2D eigenvalue weighted by Gasteiger charge is 2.15. The molecule has 0 unspecified atom stereocenters. The summed E-state index contributed by atoms with van der Waals surface area (Å²) in [4.78, 5) is 14.9. The number of fused-ring (bicyclic) bond motifs is 3. The van der Waals surface area contributed by atoms with Crippen LogP contribution in [0.25, 0.3) is 16.7 Å². The van der Waals surface area contributed by atoms with Crippen LogP contribution in [0.4, 0.5) is 5.69 Å². The molecule has 0 aliphatic carbocycles. The van der Waals surface area contributed by atoms with Crippen LogP contribution in [0.2, 0.25) is 0 Å². The standard InChI is InChI=1S/C11H7N3O2/c15-14(16)9-5-3-4-8-11(9)13-7-2-1-6-10(13)12-8/h1-7H. The predicted molar refractivity (Wildman–Crippen MR) is 59.4 cm³/mol. The average Bonchev–Trinajstić information content (AvgIpc) is 2.66. The summed E-state index contributed by atoms with van der Waals surface area (Å²) >= 11 is 0. The molecule has 78 valence electrons. The predicted octanol–water partition coefficient (Wildman–Crippen LogP) is 2.40. The molecule has 0 bridgehead atoms. The van der Waals surface area contributed by atoms with Gasteiger partial charge in [-0.05, 0) is 18.2 Å². The number of para-hydroxylation sites is 1. The number of benzene rings is 1. The van der Waals surface area contributed by atoms with Crippen LogP contribution >= 0.6 is 0 Å². The zero-order valence-corrected chi connectivity index (χ0v) is 8.20. The Morgan fingerprint density at radius 3 is 2.88 bits per heavy atom. The van der Waals surface area contributed by atoms with Crippen LogP contribution < -0.4 is 0 Å². The van der Waals surface area contributed by atoms with Crippen molar-refractivity contribution in [1.29, 1.82) is 0 Å². The number of imidazole rings is 1. The number of rotatable bonds is 1. The van der Waals surface area contributed by atoms with Gasteiger partial charge in [0.05, 0.1) is 10.4 Å². The third-order valence-corrected chi connectivity index (χ3v) is 2.50. The molecule has 0 N–H and O–H groups in total. The Labute approximate surface area is 90.1 Å². The van der Waals surface area contributed by atoms with E-state index in [2.05, 4.69) is 4.98 Å². The average molecular weight is 213 g/mol. The first kappa shape index (κ1) is 8.84. The maximum absolute atomic E-state index is 10.9. The molecule has 0 aliphatic rings. The minimum absolute atomic E-state index is 0.0798. The minimum atomic E-state index is -0.385. The lowest BCUT2D eigenvalue weighted by molar-refractivity contribution is -0.383. The van der Waals surface area contributed by atoms with Crippen LogP contribution in [-0.2, 0) is 0 Å². The summed E-state index contributed by atoms with van der Waals surface area (Å²) in [6.45, 7) is 0. The fraction of sp³-hybridized carbons (Fsp3) is 0. The largest absolute Gasteiger partial charge is 0.295 e. The van der Waals surface area contributed by atoms with Gasteiger partial charge in [-0.3, -0.25) is 14.5 Å². The first-order valence-corrected chi connectivity index (χ1v) is 4.77. The van der Waals surface area contributed by atoms with E-state index in [0.717, 1.165) is 0 Å². The topological polar surface area (TPSA) is 60.4 Å². The summed E-state index contributed by atoms with van der Waals surface area (Å²) < 4.78 is 1.73. The number of nitro groups is 1. The number of nitro benzene ring substituents is 1. The number of aromatic nitrogens is 2. The molecule has 0 radical (unpaired) electrons. The second-order valence-electron chi connectivity index (χ2n) is 3.44. The molecule has 5 nitrogen and oxygen atoms in total. The zero-order valence-electron chi connectivity index (χ0n) is 8.20. The van der Waals surface area contributed by atoms with Crippen LogP contribution in [0.1, 0.15) is 0 Å². The van der Waals surface area contributed by atoms with Gasteiger partial charge in [0.15, 0.2) is 5.52 Å². The Morgan fingerprint density at radius 1 is 1.19 bits per heavy atom. The van der Waals surface area contributed by atoms with E-state index in [4.69, 9.17) is 0 Å². The fourth-order valence-corrected chi connectivity index (χ4v) is 1.84. The Kier molecular flexibility index (Phi) is 1.67. The number of nitrogens with zero attached hydrogens (tertiary/aromatic N) is 3. The molecular weight excluding hydrogens is 206 g/mol. The molecule has 3 rings (SSSR count). The number of pyridine rings is 1. The Hall–Kier alpha value is -2.43. The van der Waals surface area contributed by atoms with Crippen molar-refractivity contribution >= 4 is 22.4 Å². The highest BCUT2D eigenvalue weighted by atomic mass is 16.6. The maximum Gasteiger partial charge on any atom is 0.295 e. The van der Waals surface area contributed by atoms with Gasteiger partial charge in [0.2, 0.25) is 0 Å². The molecule has 5 heteroatoms. The SMILES string of the molecule is O=[N+]([O-])c1cccc2nc3ccccn3c12. The highest BCUT2D eigenvalue weighted by molar-refractivity contribution is 5.88. The monoisotopic (exact) mass is 213 g/mol. The van der Waals surface area contributed by atoms with Crippen LogP contribution in [0.5, 0.6) is 0 Å². The van der Waals surface area contributed by atoms with E-state index in [0.29, 0.717) is 16.7 Å². The van der Waals surface area contributed by atoms with Gasteiger partial charge in [0.1, 0.15) is 5.65 Å². The van der Waals surface area contributed by atoms with Crippen molar-refractivity contribution in [1.82, 2.24) is 9.38 Å². The van der Waals surface area contributed by atoms with E-state index in [9.17, 15) is 10.1 Å². The lowest BCUT2D eigenvalue weighted by Crippen LogP contribution is -1.91. The summed E-state index contributed by atoms with van der Waals surface area (Å²) in [5.74, 6) is 0. The Morgan fingerprint density at radius 2 is 2.06 bits per heavy atom. The van der Waals surface area contributed by atoms with Gasteiger partial charge >= 0.3 is 0 Å². The third-order valence-electron chi connectivity index (χ3n) is 2.50. The molecule has 0 saturated heterocycles. The summed E-state index contributed by atoms with van der Waals surface area (Å²) in [7, 11) is 0. The van der Waals surface area contributed by atoms with Crippen LogP contribution in [0, 0.1) is 10.1 Å². The molecule has 0 aliphatic heterocycles. The van der Waals surface area contributed by atoms with Crippen molar-refractivity contribution in [3.05, 3.63) is 52.7 Å². The van der Waals surface area contributed by atoms with Gasteiger partial charge in [0, 0.05) is 12.3 Å². The number of hydrogen-bond acceptors (Lipinski definition) is 3. The quantitative estimate of drug-likeness (QED) is 0.460. The van der Waals surface area contributed by atoms with Crippen LogP contribution in [-0.4, -0.2) is 14.3 Å². The first-order valence-electron chi connectivity index (χ1n) is 4.77. The summed E-state index contributed by atoms with van der Waals surface area (Å²) in [5.41, 5.74) is 1.98. The molecule has 16 heavy (non-hydrogen) atoms. The van der Waals surface area contributed by atoms with Crippen molar-refractivity contribution in [3.8, 4) is 0 Å². The van der Waals surface area contributed by atoms with Gasteiger partial charge < -0.3 is 0 Å². The highest BCUT2D eigenvalue weighted by Crippen LogP contribution is 2.25. The zero-order chi connectivity index (χ0) is 11.1. The Balaban J connectivity index is 2.57. The molecule has 0 saturated carbocycles. The molecule has 0 amide bonds. The van der Waals surface area contributed by atoms with Crippen molar-refractivity contribution < 1.29 is 4.92 Å². The second kappa shape index (κ2) is 3.03. The van der Waals surface area contributed by atoms with Crippen molar-refractivity contribution in [3.63, 3.8) is 0 Å². The molecule has 2 aromatic heterocycles. The molecule has 0 spiro atoms. The molecule has 3 aromatic rings. The van der Waals surface area contributed by atoms with Gasteiger partial charge in [-0.25, -0.2) is 4.98 Å². The summed E-state index contributed by atoms with van der Waals surface area (Å²) in [6, 6.07) is 10.4. The number of hydrogen-bond donors (Lipinski definition) is 0. The lowest BCUT2D eigenvalue weighted by atomic mass is 10.3. The maximum atomic E-state index is 10.9. The van der Waals surface area contributed by atoms with Crippen molar-refractivity contribution in [2.45, 2.75) is 0 Å². The molecule has 0 atom stereocenters. The van der Waals surface area contributed by atoms with E-state index >= 15 is 0 Å². The number of non-ortho nitro benzene ring substituents is 1. The fourth-order valence-electron chi connectivity index (χ4n) is 1.84. The Bertz CT molecular complexity index is 703. The van der Waals surface area contributed by atoms with E-state index < -0.39 is 0 Å². The lowest BCUT2D eigenvalue weighted by Gasteiger charge is -1.95. The normalized spacial score (nSPS) is 11.0. The third kappa shape index (κ3) is 1.08. The van der Waals surface area contributed by atoms with E-state index in [1.165, 1.54) is 6.07 Å². The van der Waals surface area contributed by atoms with Crippen LogP contribution in [0.3, 0.4) is 0 Å². The van der Waals surface area contributed by atoms with Crippen molar-refractivity contribution in [2.75, 3.05) is 0 Å². The van der Waals surface area contributed by atoms with Crippen LogP contribution in [0.15, 0.2) is 42.6 Å². The van der Waals surface area contributed by atoms with E-state index in [-0.39, 0.29) is 10.6 Å². The van der Waals surface area contributed by atoms with Gasteiger partial charge in [-0.2, -0.15) is 0 Å². The molecular formula is C11H7N3O2. The second-order valence-corrected chi connectivity index (χ2v) is 3.44.